The van der Waals surface area contributed by atoms with Crippen LogP contribution in [0.1, 0.15) is 22.8 Å². The van der Waals surface area contributed by atoms with Gasteiger partial charge in [0, 0.05) is 18.8 Å². The summed E-state index contributed by atoms with van der Waals surface area (Å²) in [5, 5.41) is 2.56. The molecule has 0 atom stereocenters. The van der Waals surface area contributed by atoms with Gasteiger partial charge in [0.05, 0.1) is 11.4 Å². The lowest BCUT2D eigenvalue weighted by Crippen LogP contribution is -2.35. The van der Waals surface area contributed by atoms with E-state index in [1.165, 1.54) is 38.2 Å². The molecule has 0 aliphatic carbocycles. The average molecular weight is 361 g/mol. The zero-order chi connectivity index (χ0) is 18.6. The SMILES string of the molecule is CC(=O)c1cccc(S(=O)(=O)N(C)CC(=O)Nc2cc(C)ccn2)c1. The molecular formula is C17H19N3O4S. The number of hydrogen-bond acceptors (Lipinski definition) is 5. The highest BCUT2D eigenvalue weighted by molar-refractivity contribution is 7.89. The molecule has 2 rings (SSSR count). The molecule has 0 saturated heterocycles. The Kier molecular flexibility index (Phi) is 5.66. The number of Topliss-reactive ketones (excluding diaryl/α,β-unsaturated/α-hetero) is 1. The van der Waals surface area contributed by atoms with Crippen LogP contribution in [0.5, 0.6) is 0 Å². The summed E-state index contributed by atoms with van der Waals surface area (Å²) in [7, 11) is -2.59. The summed E-state index contributed by atoms with van der Waals surface area (Å²) in [6.45, 7) is 2.84. The van der Waals surface area contributed by atoms with Gasteiger partial charge in [0.25, 0.3) is 0 Å². The van der Waals surface area contributed by atoms with Gasteiger partial charge in [-0.1, -0.05) is 12.1 Å². The summed E-state index contributed by atoms with van der Waals surface area (Å²) in [5.41, 5.74) is 1.22. The third-order valence-corrected chi connectivity index (χ3v) is 5.30. The fraction of sp³-hybridized carbons (Fsp3) is 0.235. The molecule has 8 heteroatoms. The van der Waals surface area contributed by atoms with Crippen molar-refractivity contribution in [3.63, 3.8) is 0 Å². The van der Waals surface area contributed by atoms with E-state index >= 15 is 0 Å². The molecule has 1 heterocycles. The van der Waals surface area contributed by atoms with Crippen LogP contribution in [-0.2, 0) is 14.8 Å². The largest absolute Gasteiger partial charge is 0.310 e. The number of likely N-dealkylation sites (N-methyl/N-ethyl adjacent to an activating group) is 1. The van der Waals surface area contributed by atoms with Crippen LogP contribution in [-0.4, -0.2) is 43.0 Å². The number of benzene rings is 1. The van der Waals surface area contributed by atoms with E-state index in [-0.39, 0.29) is 17.2 Å². The molecule has 0 unspecified atom stereocenters. The highest BCUT2D eigenvalue weighted by Gasteiger charge is 2.23. The smallest absolute Gasteiger partial charge is 0.243 e. The number of nitrogens with zero attached hydrogens (tertiary/aromatic N) is 2. The van der Waals surface area contributed by atoms with E-state index in [4.69, 9.17) is 0 Å². The zero-order valence-corrected chi connectivity index (χ0v) is 15.0. The van der Waals surface area contributed by atoms with E-state index in [2.05, 4.69) is 10.3 Å². The number of aromatic nitrogens is 1. The molecule has 132 valence electrons. The minimum atomic E-state index is -3.89. The number of aryl methyl sites for hydroxylation is 1. The number of amides is 1. The van der Waals surface area contributed by atoms with Crippen LogP contribution in [0.2, 0.25) is 0 Å². The second-order valence-corrected chi connectivity index (χ2v) is 7.66. The third kappa shape index (κ3) is 4.71. The van der Waals surface area contributed by atoms with Crippen molar-refractivity contribution in [3.05, 3.63) is 53.7 Å². The first-order valence-electron chi connectivity index (χ1n) is 7.50. The van der Waals surface area contributed by atoms with Gasteiger partial charge in [-0.05, 0) is 43.7 Å². The van der Waals surface area contributed by atoms with E-state index < -0.39 is 15.9 Å². The van der Waals surface area contributed by atoms with E-state index in [9.17, 15) is 18.0 Å². The molecule has 7 nitrogen and oxygen atoms in total. The highest BCUT2D eigenvalue weighted by atomic mass is 32.2. The van der Waals surface area contributed by atoms with E-state index in [1.54, 1.807) is 18.3 Å². The molecule has 0 bridgehead atoms. The topological polar surface area (TPSA) is 96.4 Å². The Hall–Kier alpha value is -2.58. The number of carbonyl (C=O) groups excluding carboxylic acids is 2. The van der Waals surface area contributed by atoms with Gasteiger partial charge in [-0.3, -0.25) is 9.59 Å². The van der Waals surface area contributed by atoms with Crippen molar-refractivity contribution in [1.82, 2.24) is 9.29 Å². The Morgan fingerprint density at radius 1 is 1.20 bits per heavy atom. The summed E-state index contributed by atoms with van der Waals surface area (Å²) >= 11 is 0. The van der Waals surface area contributed by atoms with Gasteiger partial charge in [0.15, 0.2) is 5.78 Å². The predicted octanol–water partition coefficient (Wildman–Crippen LogP) is 1.85. The molecule has 1 aromatic heterocycles. The molecule has 0 aliphatic rings. The average Bonchev–Trinajstić information content (AvgIpc) is 2.54. The van der Waals surface area contributed by atoms with Crippen LogP contribution in [0.4, 0.5) is 5.82 Å². The number of hydrogen-bond donors (Lipinski definition) is 1. The standard InChI is InChI=1S/C17H19N3O4S/c1-12-7-8-18-16(9-12)19-17(22)11-20(3)25(23,24)15-6-4-5-14(10-15)13(2)21/h4-10H,11H2,1-3H3,(H,18,19,22). The van der Waals surface area contributed by atoms with Gasteiger partial charge in [0.1, 0.15) is 5.82 Å². The third-order valence-electron chi connectivity index (χ3n) is 3.50. The number of ketones is 1. The van der Waals surface area contributed by atoms with Gasteiger partial charge < -0.3 is 5.32 Å². The van der Waals surface area contributed by atoms with Crippen molar-refractivity contribution in [2.75, 3.05) is 18.9 Å². The Bertz CT molecular complexity index is 910. The van der Waals surface area contributed by atoms with Crippen molar-refractivity contribution in [2.24, 2.45) is 0 Å². The minimum Gasteiger partial charge on any atom is -0.310 e. The fourth-order valence-electron chi connectivity index (χ4n) is 2.13. The van der Waals surface area contributed by atoms with Crippen LogP contribution in [0.15, 0.2) is 47.5 Å². The molecule has 0 fully saturated rings. The first kappa shape index (κ1) is 18.8. The molecule has 1 amide bonds. The van der Waals surface area contributed by atoms with E-state index in [0.717, 1.165) is 9.87 Å². The Labute approximate surface area is 146 Å². The number of nitrogens with one attached hydrogen (secondary N) is 1. The lowest BCUT2D eigenvalue weighted by atomic mass is 10.2. The van der Waals surface area contributed by atoms with Crippen molar-refractivity contribution < 1.29 is 18.0 Å². The lowest BCUT2D eigenvalue weighted by Gasteiger charge is -2.17. The summed E-state index contributed by atoms with van der Waals surface area (Å²) in [5.74, 6) is -0.385. The monoisotopic (exact) mass is 361 g/mol. The first-order valence-corrected chi connectivity index (χ1v) is 8.94. The predicted molar refractivity (Wildman–Crippen MR) is 93.9 cm³/mol. The highest BCUT2D eigenvalue weighted by Crippen LogP contribution is 2.16. The normalized spacial score (nSPS) is 11.4. The molecule has 1 N–H and O–H groups in total. The molecule has 0 saturated carbocycles. The zero-order valence-electron chi connectivity index (χ0n) is 14.2. The summed E-state index contributed by atoms with van der Waals surface area (Å²) < 4.78 is 26.1. The second-order valence-electron chi connectivity index (χ2n) is 5.61. The molecular weight excluding hydrogens is 342 g/mol. The number of pyridine rings is 1. The second kappa shape index (κ2) is 7.54. The molecule has 25 heavy (non-hydrogen) atoms. The van der Waals surface area contributed by atoms with Gasteiger partial charge in [-0.25, -0.2) is 13.4 Å². The van der Waals surface area contributed by atoms with E-state index in [0.29, 0.717) is 11.4 Å². The maximum atomic E-state index is 12.6. The van der Waals surface area contributed by atoms with Gasteiger partial charge >= 0.3 is 0 Å². The van der Waals surface area contributed by atoms with Gasteiger partial charge in [-0.15, -0.1) is 0 Å². The number of rotatable bonds is 6. The Morgan fingerprint density at radius 3 is 2.56 bits per heavy atom. The summed E-state index contributed by atoms with van der Waals surface area (Å²) in [4.78, 5) is 27.5. The lowest BCUT2D eigenvalue weighted by molar-refractivity contribution is -0.116. The Balaban J connectivity index is 2.13. The van der Waals surface area contributed by atoms with Crippen molar-refractivity contribution in [2.45, 2.75) is 18.7 Å². The molecule has 0 aliphatic heterocycles. The van der Waals surface area contributed by atoms with Gasteiger partial charge in [0.2, 0.25) is 15.9 Å². The molecule has 1 aromatic carbocycles. The quantitative estimate of drug-likeness (QED) is 0.792. The first-order chi connectivity index (χ1) is 11.7. The molecule has 0 radical (unpaired) electrons. The maximum absolute atomic E-state index is 12.6. The fourth-order valence-corrected chi connectivity index (χ4v) is 3.30. The van der Waals surface area contributed by atoms with Crippen LogP contribution >= 0.6 is 0 Å². The van der Waals surface area contributed by atoms with Crippen molar-refractivity contribution >= 4 is 27.5 Å². The maximum Gasteiger partial charge on any atom is 0.243 e. The number of anilines is 1. The number of sulfonamides is 1. The van der Waals surface area contributed by atoms with Gasteiger partial charge in [-0.2, -0.15) is 4.31 Å². The number of carbonyl (C=O) groups is 2. The summed E-state index contributed by atoms with van der Waals surface area (Å²) in [6, 6.07) is 9.19. The van der Waals surface area contributed by atoms with Crippen molar-refractivity contribution in [3.8, 4) is 0 Å². The Morgan fingerprint density at radius 2 is 1.92 bits per heavy atom. The van der Waals surface area contributed by atoms with Crippen LogP contribution in [0, 0.1) is 6.92 Å². The van der Waals surface area contributed by atoms with E-state index in [1.807, 2.05) is 6.92 Å². The summed E-state index contributed by atoms with van der Waals surface area (Å²) in [6.07, 6.45) is 1.55. The van der Waals surface area contributed by atoms with Crippen LogP contribution in [0.25, 0.3) is 0 Å². The van der Waals surface area contributed by atoms with Crippen LogP contribution < -0.4 is 5.32 Å². The van der Waals surface area contributed by atoms with Crippen molar-refractivity contribution in [1.29, 1.82) is 0 Å². The minimum absolute atomic E-state index is 0.0378. The van der Waals surface area contributed by atoms with Crippen LogP contribution in [0.3, 0.4) is 0 Å². The molecule has 0 spiro atoms. The molecule has 2 aromatic rings.